The molecule has 2 heterocycles. The van der Waals surface area contributed by atoms with E-state index in [2.05, 4.69) is 39.4 Å². The van der Waals surface area contributed by atoms with Gasteiger partial charge in [-0.05, 0) is 50.8 Å². The van der Waals surface area contributed by atoms with Crippen LogP contribution in [-0.2, 0) is 13.0 Å². The summed E-state index contributed by atoms with van der Waals surface area (Å²) in [6.07, 6.45) is 3.54. The molecule has 0 bridgehead atoms. The van der Waals surface area contributed by atoms with Crippen molar-refractivity contribution in [1.82, 2.24) is 25.1 Å². The third kappa shape index (κ3) is 2.88. The average Bonchev–Trinajstić information content (AvgIpc) is 3.20. The number of hydrogen-bond donors (Lipinski definition) is 1. The van der Waals surface area contributed by atoms with Gasteiger partial charge in [-0.2, -0.15) is 4.68 Å². The second-order valence-corrected chi connectivity index (χ2v) is 5.45. The first-order valence-electron chi connectivity index (χ1n) is 7.29. The highest BCUT2D eigenvalue weighted by molar-refractivity contribution is 5.31. The van der Waals surface area contributed by atoms with Crippen LogP contribution in [0.5, 0.6) is 0 Å². The number of nitrogens with one attached hydrogen (secondary N) is 1. The Balaban J connectivity index is 1.92. The van der Waals surface area contributed by atoms with Crippen LogP contribution in [0.2, 0.25) is 0 Å². The summed E-state index contributed by atoms with van der Waals surface area (Å²) in [4.78, 5) is 9.02. The van der Waals surface area contributed by atoms with E-state index in [-0.39, 0.29) is 0 Å². The number of pyridine rings is 1. The molecule has 0 aliphatic heterocycles. The number of aromatic nitrogens is 4. The molecule has 0 saturated heterocycles. The largest absolute Gasteiger partial charge is 0.310 e. The zero-order valence-corrected chi connectivity index (χ0v) is 12.3. The van der Waals surface area contributed by atoms with Crippen LogP contribution < -0.4 is 5.32 Å². The normalized spacial score (nSPS) is 14.8. The van der Waals surface area contributed by atoms with Gasteiger partial charge in [0, 0.05) is 18.3 Å². The van der Waals surface area contributed by atoms with Gasteiger partial charge in [-0.1, -0.05) is 6.92 Å². The summed E-state index contributed by atoms with van der Waals surface area (Å²) in [5, 5.41) is 7.98. The van der Waals surface area contributed by atoms with E-state index < -0.39 is 0 Å². The fourth-order valence-electron chi connectivity index (χ4n) is 2.31. The molecule has 0 amide bonds. The Labute approximate surface area is 119 Å². The van der Waals surface area contributed by atoms with Gasteiger partial charge < -0.3 is 5.32 Å². The highest BCUT2D eigenvalue weighted by atomic mass is 15.4. The first-order valence-corrected chi connectivity index (χ1v) is 7.29. The highest BCUT2D eigenvalue weighted by Gasteiger charge is 2.20. The summed E-state index contributed by atoms with van der Waals surface area (Å²) in [5.41, 5.74) is 2.37. The van der Waals surface area contributed by atoms with Crippen LogP contribution in [-0.4, -0.2) is 25.8 Å². The Kier molecular flexibility index (Phi) is 3.53. The summed E-state index contributed by atoms with van der Waals surface area (Å²) in [7, 11) is 0. The van der Waals surface area contributed by atoms with Crippen molar-refractivity contribution in [2.75, 3.05) is 0 Å². The Bertz CT molecular complexity index is 613. The predicted octanol–water partition coefficient (Wildman–Crippen LogP) is 2.09. The minimum atomic E-state index is 0.715. The van der Waals surface area contributed by atoms with E-state index >= 15 is 0 Å². The molecule has 106 valence electrons. The summed E-state index contributed by atoms with van der Waals surface area (Å²) < 4.78 is 1.83. The SMILES string of the molecule is CCc1cc(CNC2CC2)cc(-n2nc(C)nc2C)n1. The highest BCUT2D eigenvalue weighted by Crippen LogP contribution is 2.20. The minimum Gasteiger partial charge on any atom is -0.310 e. The van der Waals surface area contributed by atoms with Gasteiger partial charge in [0.1, 0.15) is 11.6 Å². The number of rotatable bonds is 5. The van der Waals surface area contributed by atoms with Crippen molar-refractivity contribution < 1.29 is 0 Å². The molecule has 0 aromatic carbocycles. The lowest BCUT2D eigenvalue weighted by Crippen LogP contribution is -2.16. The first-order chi connectivity index (χ1) is 9.65. The van der Waals surface area contributed by atoms with E-state index in [1.54, 1.807) is 0 Å². The van der Waals surface area contributed by atoms with E-state index in [0.717, 1.165) is 36.1 Å². The van der Waals surface area contributed by atoms with Crippen LogP contribution in [0.25, 0.3) is 5.82 Å². The van der Waals surface area contributed by atoms with Gasteiger partial charge in [0.15, 0.2) is 5.82 Å². The molecular formula is C15H21N5. The van der Waals surface area contributed by atoms with Crippen LogP contribution >= 0.6 is 0 Å². The van der Waals surface area contributed by atoms with E-state index in [4.69, 9.17) is 0 Å². The second kappa shape index (κ2) is 5.32. The van der Waals surface area contributed by atoms with E-state index in [9.17, 15) is 0 Å². The van der Waals surface area contributed by atoms with Gasteiger partial charge in [0.25, 0.3) is 0 Å². The third-order valence-electron chi connectivity index (χ3n) is 3.55. The van der Waals surface area contributed by atoms with E-state index in [0.29, 0.717) is 6.04 Å². The van der Waals surface area contributed by atoms with Crippen molar-refractivity contribution in [2.24, 2.45) is 0 Å². The minimum absolute atomic E-state index is 0.715. The Morgan fingerprint density at radius 2 is 2.05 bits per heavy atom. The van der Waals surface area contributed by atoms with Crippen LogP contribution in [0.3, 0.4) is 0 Å². The molecule has 1 N–H and O–H groups in total. The molecule has 1 aliphatic rings. The molecule has 0 spiro atoms. The molecule has 2 aromatic rings. The number of nitrogens with zero attached hydrogens (tertiary/aromatic N) is 4. The smallest absolute Gasteiger partial charge is 0.156 e. The maximum absolute atomic E-state index is 4.67. The molecule has 0 atom stereocenters. The fraction of sp³-hybridized carbons (Fsp3) is 0.533. The monoisotopic (exact) mass is 271 g/mol. The standard InChI is InChI=1S/C15H21N5/c1-4-13-7-12(9-16-14-5-6-14)8-15(18-13)20-11(3)17-10(2)19-20/h7-8,14,16H,4-6,9H2,1-3H3. The van der Waals surface area contributed by atoms with Gasteiger partial charge in [-0.15, -0.1) is 5.10 Å². The molecular weight excluding hydrogens is 250 g/mol. The van der Waals surface area contributed by atoms with Crippen LogP contribution in [0.1, 0.15) is 42.7 Å². The fourth-order valence-corrected chi connectivity index (χ4v) is 2.31. The van der Waals surface area contributed by atoms with Gasteiger partial charge in [0.2, 0.25) is 0 Å². The number of hydrogen-bond acceptors (Lipinski definition) is 4. The lowest BCUT2D eigenvalue weighted by atomic mass is 10.2. The molecule has 5 heteroatoms. The van der Waals surface area contributed by atoms with Crippen molar-refractivity contribution in [2.45, 2.75) is 52.6 Å². The van der Waals surface area contributed by atoms with Crippen molar-refractivity contribution in [3.8, 4) is 5.82 Å². The molecule has 0 unspecified atom stereocenters. The van der Waals surface area contributed by atoms with Crippen molar-refractivity contribution in [3.05, 3.63) is 35.0 Å². The van der Waals surface area contributed by atoms with Crippen LogP contribution in [0.15, 0.2) is 12.1 Å². The molecule has 2 aromatic heterocycles. The summed E-state index contributed by atoms with van der Waals surface area (Å²) in [5.74, 6) is 2.53. The topological polar surface area (TPSA) is 55.6 Å². The molecule has 5 nitrogen and oxygen atoms in total. The Morgan fingerprint density at radius 3 is 2.65 bits per heavy atom. The average molecular weight is 271 g/mol. The van der Waals surface area contributed by atoms with E-state index in [1.807, 2.05) is 18.5 Å². The Hall–Kier alpha value is -1.75. The first kappa shape index (κ1) is 13.2. The maximum atomic E-state index is 4.67. The Morgan fingerprint density at radius 1 is 1.25 bits per heavy atom. The van der Waals surface area contributed by atoms with Gasteiger partial charge in [-0.3, -0.25) is 0 Å². The maximum Gasteiger partial charge on any atom is 0.156 e. The van der Waals surface area contributed by atoms with Crippen LogP contribution in [0.4, 0.5) is 0 Å². The quantitative estimate of drug-likeness (QED) is 0.904. The van der Waals surface area contributed by atoms with Crippen molar-refractivity contribution >= 4 is 0 Å². The zero-order chi connectivity index (χ0) is 14.1. The predicted molar refractivity (Wildman–Crippen MR) is 77.9 cm³/mol. The lowest BCUT2D eigenvalue weighted by Gasteiger charge is -2.09. The second-order valence-electron chi connectivity index (χ2n) is 5.45. The van der Waals surface area contributed by atoms with Crippen molar-refractivity contribution in [3.63, 3.8) is 0 Å². The summed E-state index contributed by atoms with van der Waals surface area (Å²) in [6.45, 7) is 6.90. The molecule has 20 heavy (non-hydrogen) atoms. The molecule has 1 saturated carbocycles. The van der Waals surface area contributed by atoms with Crippen molar-refractivity contribution in [1.29, 1.82) is 0 Å². The molecule has 0 radical (unpaired) electrons. The molecule has 1 aliphatic carbocycles. The van der Waals surface area contributed by atoms with Gasteiger partial charge in [-0.25, -0.2) is 9.97 Å². The molecule has 1 fully saturated rings. The summed E-state index contributed by atoms with van der Waals surface area (Å²) in [6, 6.07) is 5.00. The van der Waals surface area contributed by atoms with Gasteiger partial charge in [0.05, 0.1) is 0 Å². The summed E-state index contributed by atoms with van der Waals surface area (Å²) >= 11 is 0. The molecule has 3 rings (SSSR count). The zero-order valence-electron chi connectivity index (χ0n) is 12.3. The third-order valence-corrected chi connectivity index (χ3v) is 3.55. The number of aryl methyl sites for hydroxylation is 3. The van der Waals surface area contributed by atoms with Gasteiger partial charge >= 0.3 is 0 Å². The lowest BCUT2D eigenvalue weighted by molar-refractivity contribution is 0.683. The van der Waals surface area contributed by atoms with E-state index in [1.165, 1.54) is 18.4 Å². The van der Waals surface area contributed by atoms with Crippen LogP contribution in [0, 0.1) is 13.8 Å².